The quantitative estimate of drug-likeness (QED) is 0.209. The number of hydrogen-bond donors (Lipinski definition) is 2. The monoisotopic (exact) mass is 498 g/mol. The highest BCUT2D eigenvalue weighted by atomic mass is 16.6. The highest BCUT2D eigenvalue weighted by molar-refractivity contribution is 5.96. The standard InChI is InChI=1S/C28H30N6O3/c1-19(2)37-28(35)33-21-9-7-20(8-10-21)27-25(18-30)24-12-11-23(36-16-4-14-31-32-15-13-29)17-26(24)34(27)22-5-3-6-22/h7-12,15,17,19,22,31H,3-6,14,16H2,1-2H3,(H,33,35)/b32-15-. The number of amides is 1. The molecular weight excluding hydrogens is 468 g/mol. The van der Waals surface area contributed by atoms with E-state index in [1.54, 1.807) is 13.8 Å². The van der Waals surface area contributed by atoms with E-state index in [2.05, 4.69) is 26.5 Å². The van der Waals surface area contributed by atoms with E-state index in [0.29, 0.717) is 30.4 Å². The molecule has 3 aromatic rings. The number of rotatable bonds is 10. The summed E-state index contributed by atoms with van der Waals surface area (Å²) in [6.45, 7) is 4.69. The molecule has 0 aliphatic heterocycles. The summed E-state index contributed by atoms with van der Waals surface area (Å²) < 4.78 is 13.4. The molecule has 1 heterocycles. The molecule has 0 spiro atoms. The predicted molar refractivity (Wildman–Crippen MR) is 142 cm³/mol. The lowest BCUT2D eigenvalue weighted by atomic mass is 9.92. The Bertz CT molecular complexity index is 1360. The van der Waals surface area contributed by atoms with Gasteiger partial charge in [0.05, 0.1) is 29.5 Å². The van der Waals surface area contributed by atoms with Crippen molar-refractivity contribution in [1.29, 1.82) is 10.5 Å². The van der Waals surface area contributed by atoms with E-state index in [1.165, 1.54) is 0 Å². The van der Waals surface area contributed by atoms with Gasteiger partial charge in [-0.15, -0.1) is 0 Å². The smallest absolute Gasteiger partial charge is 0.411 e. The van der Waals surface area contributed by atoms with Crippen LogP contribution in [0.3, 0.4) is 0 Å². The van der Waals surface area contributed by atoms with Crippen LogP contribution in [0, 0.1) is 22.7 Å². The Morgan fingerprint density at radius 1 is 1.22 bits per heavy atom. The summed E-state index contributed by atoms with van der Waals surface area (Å²) in [4.78, 5) is 12.0. The molecule has 2 N–H and O–H groups in total. The molecule has 37 heavy (non-hydrogen) atoms. The second-order valence-corrected chi connectivity index (χ2v) is 9.12. The fourth-order valence-electron chi connectivity index (χ4n) is 4.35. The number of fused-ring (bicyclic) bond motifs is 1. The number of carbonyl (C=O) groups is 1. The van der Waals surface area contributed by atoms with Crippen LogP contribution in [0.25, 0.3) is 22.2 Å². The number of anilines is 1. The van der Waals surface area contributed by atoms with Gasteiger partial charge in [-0.2, -0.15) is 15.6 Å². The SMILES string of the molecule is CC(C)OC(=O)Nc1ccc(-c2c(C#N)c3ccc(OCCCN/N=C\C#N)cc3n2C2CCC2)cc1. The summed E-state index contributed by atoms with van der Waals surface area (Å²) in [5.74, 6) is 0.741. The van der Waals surface area contributed by atoms with Crippen molar-refractivity contribution in [2.75, 3.05) is 18.5 Å². The van der Waals surface area contributed by atoms with Gasteiger partial charge in [-0.3, -0.25) is 5.32 Å². The van der Waals surface area contributed by atoms with E-state index in [-0.39, 0.29) is 6.10 Å². The van der Waals surface area contributed by atoms with Gasteiger partial charge in [-0.25, -0.2) is 4.79 Å². The maximum Gasteiger partial charge on any atom is 0.411 e. The molecule has 0 atom stereocenters. The first kappa shape index (κ1) is 25.6. The molecule has 0 radical (unpaired) electrons. The van der Waals surface area contributed by atoms with Crippen LogP contribution in [0.5, 0.6) is 5.75 Å². The Morgan fingerprint density at radius 3 is 2.65 bits per heavy atom. The van der Waals surface area contributed by atoms with E-state index >= 15 is 0 Å². The largest absolute Gasteiger partial charge is 0.493 e. The molecule has 0 bridgehead atoms. The molecule has 9 nitrogen and oxygen atoms in total. The molecule has 0 saturated heterocycles. The van der Waals surface area contributed by atoms with Gasteiger partial charge in [-0.1, -0.05) is 12.1 Å². The highest BCUT2D eigenvalue weighted by Gasteiger charge is 2.28. The molecule has 1 aliphatic rings. The molecule has 1 saturated carbocycles. The van der Waals surface area contributed by atoms with Crippen LogP contribution < -0.4 is 15.5 Å². The third kappa shape index (κ3) is 6.02. The van der Waals surface area contributed by atoms with Crippen molar-refractivity contribution in [3.05, 3.63) is 48.0 Å². The summed E-state index contributed by atoms with van der Waals surface area (Å²) in [7, 11) is 0. The summed E-state index contributed by atoms with van der Waals surface area (Å²) in [6, 6.07) is 17.9. The van der Waals surface area contributed by atoms with Crippen LogP contribution in [0.15, 0.2) is 47.6 Å². The van der Waals surface area contributed by atoms with Gasteiger partial charge in [0.1, 0.15) is 24.1 Å². The number of nitriles is 2. The minimum atomic E-state index is -0.498. The number of benzene rings is 2. The summed E-state index contributed by atoms with van der Waals surface area (Å²) in [6.07, 6.45) is 4.45. The van der Waals surface area contributed by atoms with Crippen LogP contribution in [-0.4, -0.2) is 36.1 Å². The lowest BCUT2D eigenvalue weighted by Crippen LogP contribution is -2.18. The number of nitrogens with one attached hydrogen (secondary N) is 2. The molecule has 1 aliphatic carbocycles. The lowest BCUT2D eigenvalue weighted by molar-refractivity contribution is 0.130. The fourth-order valence-corrected chi connectivity index (χ4v) is 4.35. The topological polar surface area (TPSA) is 124 Å². The van der Waals surface area contributed by atoms with Crippen LogP contribution >= 0.6 is 0 Å². The third-order valence-corrected chi connectivity index (χ3v) is 6.19. The fraction of sp³-hybridized carbons (Fsp3) is 0.357. The number of ether oxygens (including phenoxy) is 2. The normalized spacial score (nSPS) is 13.2. The van der Waals surface area contributed by atoms with E-state index in [0.717, 1.165) is 59.8 Å². The van der Waals surface area contributed by atoms with Crippen molar-refractivity contribution < 1.29 is 14.3 Å². The van der Waals surface area contributed by atoms with E-state index in [9.17, 15) is 10.1 Å². The Morgan fingerprint density at radius 2 is 2.00 bits per heavy atom. The van der Waals surface area contributed by atoms with Crippen LogP contribution in [-0.2, 0) is 4.74 Å². The average Bonchev–Trinajstić information content (AvgIpc) is 3.15. The maximum absolute atomic E-state index is 12.0. The number of nitrogens with zero attached hydrogens (tertiary/aromatic N) is 4. The van der Waals surface area contributed by atoms with E-state index < -0.39 is 6.09 Å². The first-order valence-electron chi connectivity index (χ1n) is 12.4. The van der Waals surface area contributed by atoms with Gasteiger partial charge >= 0.3 is 6.09 Å². The first-order valence-corrected chi connectivity index (χ1v) is 12.4. The van der Waals surface area contributed by atoms with Gasteiger partial charge in [0, 0.05) is 36.1 Å². The molecule has 0 unspecified atom stereocenters. The summed E-state index contributed by atoms with van der Waals surface area (Å²) >= 11 is 0. The number of aromatic nitrogens is 1. The minimum absolute atomic E-state index is 0.204. The zero-order chi connectivity index (χ0) is 26.2. The highest BCUT2D eigenvalue weighted by Crippen LogP contribution is 2.43. The Labute approximate surface area is 216 Å². The first-order chi connectivity index (χ1) is 18.0. The number of carbonyl (C=O) groups excluding carboxylic acids is 1. The lowest BCUT2D eigenvalue weighted by Gasteiger charge is -2.30. The molecule has 1 aromatic heterocycles. The third-order valence-electron chi connectivity index (χ3n) is 6.19. The molecule has 1 amide bonds. The van der Waals surface area contributed by atoms with Gasteiger partial charge in [0.15, 0.2) is 0 Å². The Kier molecular flexibility index (Phi) is 8.27. The Hall–Kier alpha value is -4.50. The van der Waals surface area contributed by atoms with Crippen LogP contribution in [0.2, 0.25) is 0 Å². The van der Waals surface area contributed by atoms with Gasteiger partial charge in [0.25, 0.3) is 0 Å². The van der Waals surface area contributed by atoms with Crippen molar-refractivity contribution >= 4 is 28.9 Å². The van der Waals surface area contributed by atoms with Crippen LogP contribution in [0.1, 0.15) is 51.1 Å². The van der Waals surface area contributed by atoms with Crippen molar-refractivity contribution in [3.63, 3.8) is 0 Å². The van der Waals surface area contributed by atoms with Crippen molar-refractivity contribution in [3.8, 4) is 29.1 Å². The van der Waals surface area contributed by atoms with Crippen molar-refractivity contribution in [2.45, 2.75) is 51.7 Å². The van der Waals surface area contributed by atoms with E-state index in [1.807, 2.05) is 48.5 Å². The molecule has 9 heteroatoms. The Balaban J connectivity index is 1.60. The minimum Gasteiger partial charge on any atom is -0.493 e. The second kappa shape index (κ2) is 12.0. The van der Waals surface area contributed by atoms with Gasteiger partial charge < -0.3 is 19.5 Å². The zero-order valence-electron chi connectivity index (χ0n) is 21.0. The predicted octanol–water partition coefficient (Wildman–Crippen LogP) is 5.73. The van der Waals surface area contributed by atoms with Crippen LogP contribution in [0.4, 0.5) is 10.5 Å². The molecule has 2 aromatic carbocycles. The van der Waals surface area contributed by atoms with Gasteiger partial charge in [0.2, 0.25) is 0 Å². The average molecular weight is 499 g/mol. The zero-order valence-corrected chi connectivity index (χ0v) is 21.0. The molecular formula is C28H30N6O3. The number of hydrazone groups is 1. The van der Waals surface area contributed by atoms with Crippen molar-refractivity contribution in [2.24, 2.45) is 5.10 Å². The maximum atomic E-state index is 12.0. The van der Waals surface area contributed by atoms with Crippen molar-refractivity contribution in [1.82, 2.24) is 9.99 Å². The molecule has 1 fully saturated rings. The van der Waals surface area contributed by atoms with Gasteiger partial charge in [-0.05, 0) is 62.9 Å². The summed E-state index contributed by atoms with van der Waals surface area (Å²) in [5.41, 5.74) is 6.83. The molecule has 4 rings (SSSR count). The number of hydrogen-bond acceptors (Lipinski definition) is 7. The van der Waals surface area contributed by atoms with E-state index in [4.69, 9.17) is 14.7 Å². The second-order valence-electron chi connectivity index (χ2n) is 9.12. The molecule has 190 valence electrons. The summed E-state index contributed by atoms with van der Waals surface area (Å²) in [5, 5.41) is 26.0.